The lowest BCUT2D eigenvalue weighted by atomic mass is 10.3. The number of aromatic nitrogens is 3. The van der Waals surface area contributed by atoms with Crippen LogP contribution in [0, 0.1) is 0 Å². The highest BCUT2D eigenvalue weighted by Crippen LogP contribution is 2.05. The molecule has 0 atom stereocenters. The van der Waals surface area contributed by atoms with Gasteiger partial charge in [0.25, 0.3) is 0 Å². The molecule has 0 aliphatic carbocycles. The average Bonchev–Trinajstić information content (AvgIpc) is 3.14. The Morgan fingerprint density at radius 3 is 2.38 bits per heavy atom. The Morgan fingerprint density at radius 2 is 1.77 bits per heavy atom. The van der Waals surface area contributed by atoms with E-state index in [0.29, 0.717) is 19.7 Å². The molecule has 0 radical (unpaired) electrons. The van der Waals surface area contributed by atoms with E-state index in [2.05, 4.69) is 27.3 Å². The number of nitrogens with zero attached hydrogens (tertiary/aromatic N) is 6. The summed E-state index contributed by atoms with van der Waals surface area (Å²) in [6.07, 6.45) is 5.29. The van der Waals surface area contributed by atoms with Crippen molar-refractivity contribution < 1.29 is 9.53 Å². The van der Waals surface area contributed by atoms with Crippen LogP contribution in [0.3, 0.4) is 0 Å². The molecule has 1 saturated heterocycles. The number of carbonyl (C=O) groups excluding carboxylic acids is 1. The summed E-state index contributed by atoms with van der Waals surface area (Å²) in [5.74, 6) is 0.926. The summed E-state index contributed by atoms with van der Waals surface area (Å²) in [5.41, 5.74) is 0. The number of aryl methyl sites for hydroxylation is 1. The normalized spacial score (nSPS) is 14.8. The number of carbonyl (C=O) groups is 1. The first kappa shape index (κ1) is 22.5. The van der Waals surface area contributed by atoms with Gasteiger partial charge in [-0.2, -0.15) is 0 Å². The third-order valence-corrected chi connectivity index (χ3v) is 3.99. The minimum atomic E-state index is -0.224. The summed E-state index contributed by atoms with van der Waals surface area (Å²) in [5, 5.41) is 10.9. The van der Waals surface area contributed by atoms with Crippen molar-refractivity contribution in [1.82, 2.24) is 29.9 Å². The molecule has 2 heterocycles. The van der Waals surface area contributed by atoms with E-state index < -0.39 is 0 Å². The summed E-state index contributed by atoms with van der Waals surface area (Å²) in [7, 11) is 0. The van der Waals surface area contributed by atoms with Crippen LogP contribution in [-0.2, 0) is 11.3 Å². The van der Waals surface area contributed by atoms with Gasteiger partial charge in [-0.15, -0.1) is 34.2 Å². The van der Waals surface area contributed by atoms with Crippen molar-refractivity contribution in [3.8, 4) is 0 Å². The lowest BCUT2D eigenvalue weighted by molar-refractivity contribution is 0.0914. The second-order valence-corrected chi connectivity index (χ2v) is 5.82. The molecule has 0 bridgehead atoms. The summed E-state index contributed by atoms with van der Waals surface area (Å²) in [6.45, 7) is 9.70. The van der Waals surface area contributed by atoms with Crippen LogP contribution >= 0.6 is 24.0 Å². The van der Waals surface area contributed by atoms with Gasteiger partial charge in [-0.3, -0.25) is 4.99 Å². The summed E-state index contributed by atoms with van der Waals surface area (Å²) < 4.78 is 7.03. The molecular weight excluding hydrogens is 449 g/mol. The zero-order chi connectivity index (χ0) is 17.9. The third-order valence-electron chi connectivity index (χ3n) is 3.99. The number of nitrogens with one attached hydrogen (secondary N) is 1. The minimum absolute atomic E-state index is 0. The Balaban J connectivity index is 0.00000338. The second-order valence-electron chi connectivity index (χ2n) is 5.82. The lowest BCUT2D eigenvalue weighted by Crippen LogP contribution is -2.53. The molecule has 9 nitrogen and oxygen atoms in total. The second kappa shape index (κ2) is 12.7. The van der Waals surface area contributed by atoms with Gasteiger partial charge in [0, 0.05) is 45.8 Å². The molecule has 1 aromatic rings. The molecule has 0 spiro atoms. The van der Waals surface area contributed by atoms with Gasteiger partial charge >= 0.3 is 6.09 Å². The molecule has 148 valence electrons. The molecule has 0 saturated carbocycles. The van der Waals surface area contributed by atoms with Gasteiger partial charge in [0.1, 0.15) is 12.7 Å². The number of aliphatic imine (C=N–C) groups is 1. The number of ether oxygens (including phenoxy) is 1. The summed E-state index contributed by atoms with van der Waals surface area (Å²) in [6, 6.07) is 0. The molecule has 1 amide bonds. The maximum atomic E-state index is 11.8. The predicted molar refractivity (Wildman–Crippen MR) is 111 cm³/mol. The summed E-state index contributed by atoms with van der Waals surface area (Å²) >= 11 is 0. The minimum Gasteiger partial charge on any atom is -0.450 e. The highest BCUT2D eigenvalue weighted by Gasteiger charge is 2.23. The third kappa shape index (κ3) is 7.34. The summed E-state index contributed by atoms with van der Waals surface area (Å²) in [4.78, 5) is 20.4. The zero-order valence-electron chi connectivity index (χ0n) is 15.6. The van der Waals surface area contributed by atoms with Crippen LogP contribution in [0.1, 0.15) is 26.7 Å². The molecule has 1 aromatic heterocycles. The SMILES string of the molecule is CCNC(=NCCCCn1cnnc1)N1CCN(C(=O)OCC)CC1.I. The number of halogens is 1. The maximum Gasteiger partial charge on any atom is 0.409 e. The van der Waals surface area contributed by atoms with E-state index in [4.69, 9.17) is 9.73 Å². The predicted octanol–water partition coefficient (Wildman–Crippen LogP) is 1.42. The fourth-order valence-electron chi connectivity index (χ4n) is 2.67. The maximum absolute atomic E-state index is 11.8. The van der Waals surface area contributed by atoms with Gasteiger partial charge in [0.05, 0.1) is 6.61 Å². The smallest absolute Gasteiger partial charge is 0.409 e. The van der Waals surface area contributed by atoms with E-state index in [1.165, 1.54) is 0 Å². The van der Waals surface area contributed by atoms with E-state index in [-0.39, 0.29) is 30.1 Å². The molecule has 2 rings (SSSR count). The van der Waals surface area contributed by atoms with Crippen molar-refractivity contribution in [1.29, 1.82) is 0 Å². The van der Waals surface area contributed by atoms with Crippen molar-refractivity contribution in [3.05, 3.63) is 12.7 Å². The molecule has 10 heteroatoms. The lowest BCUT2D eigenvalue weighted by Gasteiger charge is -2.35. The Morgan fingerprint density at radius 1 is 1.12 bits per heavy atom. The Hall–Kier alpha value is -1.59. The van der Waals surface area contributed by atoms with Crippen LogP contribution in [0.2, 0.25) is 0 Å². The number of piperazine rings is 1. The molecule has 26 heavy (non-hydrogen) atoms. The van der Waals surface area contributed by atoms with Crippen LogP contribution in [0.4, 0.5) is 4.79 Å². The number of hydrogen-bond donors (Lipinski definition) is 1. The zero-order valence-corrected chi connectivity index (χ0v) is 18.0. The quantitative estimate of drug-likeness (QED) is 0.276. The fourth-order valence-corrected chi connectivity index (χ4v) is 2.67. The number of guanidine groups is 1. The fraction of sp³-hybridized carbons (Fsp3) is 0.750. The average molecular weight is 479 g/mol. The van der Waals surface area contributed by atoms with E-state index >= 15 is 0 Å². The van der Waals surface area contributed by atoms with Gasteiger partial charge in [0.2, 0.25) is 0 Å². The van der Waals surface area contributed by atoms with Gasteiger partial charge in [-0.25, -0.2) is 4.79 Å². The van der Waals surface area contributed by atoms with E-state index in [9.17, 15) is 4.79 Å². The van der Waals surface area contributed by atoms with Crippen molar-refractivity contribution >= 4 is 36.0 Å². The van der Waals surface area contributed by atoms with E-state index in [1.54, 1.807) is 17.6 Å². The van der Waals surface area contributed by atoms with Crippen LogP contribution < -0.4 is 5.32 Å². The largest absolute Gasteiger partial charge is 0.450 e. The van der Waals surface area contributed by atoms with Crippen LogP contribution in [0.5, 0.6) is 0 Å². The highest BCUT2D eigenvalue weighted by atomic mass is 127. The Kier molecular flexibility index (Phi) is 11.0. The standard InChI is InChI=1S/C16H29N7O2.HI/c1-3-17-15(18-7-5-6-8-21-13-19-20-14-21)22-9-11-23(12-10-22)16(24)25-4-2;/h13-14H,3-12H2,1-2H3,(H,17,18);1H. The van der Waals surface area contributed by atoms with Crippen molar-refractivity contribution in [2.75, 3.05) is 45.9 Å². The Bertz CT molecular complexity index is 531. The number of hydrogen-bond acceptors (Lipinski definition) is 5. The molecule has 1 fully saturated rings. The monoisotopic (exact) mass is 479 g/mol. The van der Waals surface area contributed by atoms with Crippen molar-refractivity contribution in [3.63, 3.8) is 0 Å². The van der Waals surface area contributed by atoms with Crippen LogP contribution in [0.15, 0.2) is 17.6 Å². The number of rotatable bonds is 7. The van der Waals surface area contributed by atoms with Gasteiger partial charge < -0.3 is 24.4 Å². The molecule has 1 aliphatic heterocycles. The molecule has 0 aromatic carbocycles. The van der Waals surface area contributed by atoms with Crippen molar-refractivity contribution in [2.24, 2.45) is 4.99 Å². The first-order valence-electron chi connectivity index (χ1n) is 9.02. The van der Waals surface area contributed by atoms with Crippen LogP contribution in [-0.4, -0.2) is 82.5 Å². The molecule has 1 N–H and O–H groups in total. The number of amides is 1. The Labute approximate surface area is 172 Å². The molecule has 0 unspecified atom stereocenters. The molecule has 1 aliphatic rings. The van der Waals surface area contributed by atoms with Crippen molar-refractivity contribution in [2.45, 2.75) is 33.2 Å². The van der Waals surface area contributed by atoms with Gasteiger partial charge in [-0.1, -0.05) is 0 Å². The topological polar surface area (TPSA) is 87.9 Å². The van der Waals surface area contributed by atoms with E-state index in [1.807, 2.05) is 11.5 Å². The van der Waals surface area contributed by atoms with Crippen LogP contribution in [0.25, 0.3) is 0 Å². The van der Waals surface area contributed by atoms with Gasteiger partial charge in [0.15, 0.2) is 5.96 Å². The molecular formula is C16H30IN7O2. The first-order chi connectivity index (χ1) is 12.2. The highest BCUT2D eigenvalue weighted by molar-refractivity contribution is 14.0. The number of unbranched alkanes of at least 4 members (excludes halogenated alkanes) is 1. The van der Waals surface area contributed by atoms with Gasteiger partial charge in [-0.05, 0) is 26.7 Å². The van der Waals surface area contributed by atoms with E-state index in [0.717, 1.165) is 51.5 Å². The first-order valence-corrected chi connectivity index (χ1v) is 9.02.